The molecular weight excluding hydrogens is 200 g/mol. The molecule has 1 aromatic carbocycles. The first-order chi connectivity index (χ1) is 7.24. The van der Waals surface area contributed by atoms with Gasteiger partial charge in [-0.3, -0.25) is 0 Å². The SMILES string of the molecule is CCOCCNCc1ccc(F)cc1F. The molecule has 0 spiro atoms. The standard InChI is InChI=1S/C11H15F2NO/c1-2-15-6-5-14-8-9-3-4-10(12)7-11(9)13/h3-4,7,14H,2,5-6,8H2,1H3. The van der Waals surface area contributed by atoms with Crippen LogP contribution in [0.2, 0.25) is 0 Å². The number of halogens is 2. The quantitative estimate of drug-likeness (QED) is 0.734. The molecular formula is C11H15F2NO. The van der Waals surface area contributed by atoms with Gasteiger partial charge in [-0.25, -0.2) is 8.78 Å². The second-order valence-corrected chi connectivity index (χ2v) is 3.11. The van der Waals surface area contributed by atoms with Gasteiger partial charge in [0.2, 0.25) is 0 Å². The molecule has 15 heavy (non-hydrogen) atoms. The van der Waals surface area contributed by atoms with Gasteiger partial charge in [-0.05, 0) is 13.0 Å². The highest BCUT2D eigenvalue weighted by molar-refractivity contribution is 5.18. The summed E-state index contributed by atoms with van der Waals surface area (Å²) in [6, 6.07) is 3.58. The molecule has 1 aromatic rings. The molecule has 0 amide bonds. The van der Waals surface area contributed by atoms with Crippen LogP contribution in [0.4, 0.5) is 8.78 Å². The van der Waals surface area contributed by atoms with Gasteiger partial charge in [0.1, 0.15) is 11.6 Å². The van der Waals surface area contributed by atoms with E-state index in [9.17, 15) is 8.78 Å². The van der Waals surface area contributed by atoms with Crippen molar-refractivity contribution in [1.29, 1.82) is 0 Å². The predicted octanol–water partition coefficient (Wildman–Crippen LogP) is 2.09. The fraction of sp³-hybridized carbons (Fsp3) is 0.455. The molecule has 0 aromatic heterocycles. The molecule has 0 aliphatic rings. The van der Waals surface area contributed by atoms with E-state index < -0.39 is 11.6 Å². The van der Waals surface area contributed by atoms with E-state index >= 15 is 0 Å². The van der Waals surface area contributed by atoms with Crippen LogP contribution in [0.5, 0.6) is 0 Å². The molecule has 0 bridgehead atoms. The molecule has 0 atom stereocenters. The van der Waals surface area contributed by atoms with E-state index in [0.29, 0.717) is 31.9 Å². The van der Waals surface area contributed by atoms with Crippen molar-refractivity contribution >= 4 is 0 Å². The van der Waals surface area contributed by atoms with Crippen LogP contribution in [0.25, 0.3) is 0 Å². The number of hydrogen-bond donors (Lipinski definition) is 1. The van der Waals surface area contributed by atoms with E-state index in [1.165, 1.54) is 12.1 Å². The van der Waals surface area contributed by atoms with E-state index in [0.717, 1.165) is 6.07 Å². The van der Waals surface area contributed by atoms with Gasteiger partial charge >= 0.3 is 0 Å². The zero-order valence-corrected chi connectivity index (χ0v) is 8.72. The van der Waals surface area contributed by atoms with E-state index in [-0.39, 0.29) is 0 Å². The highest BCUT2D eigenvalue weighted by atomic mass is 19.1. The van der Waals surface area contributed by atoms with E-state index in [1.807, 2.05) is 6.92 Å². The van der Waals surface area contributed by atoms with E-state index in [2.05, 4.69) is 5.32 Å². The summed E-state index contributed by atoms with van der Waals surface area (Å²) < 4.78 is 30.8. The zero-order valence-electron chi connectivity index (χ0n) is 8.72. The summed E-state index contributed by atoms with van der Waals surface area (Å²) >= 11 is 0. The normalized spacial score (nSPS) is 10.6. The van der Waals surface area contributed by atoms with Gasteiger partial charge in [-0.1, -0.05) is 6.07 Å². The van der Waals surface area contributed by atoms with Crippen molar-refractivity contribution in [2.45, 2.75) is 13.5 Å². The fourth-order valence-corrected chi connectivity index (χ4v) is 1.18. The van der Waals surface area contributed by atoms with Gasteiger partial charge in [0, 0.05) is 31.3 Å². The van der Waals surface area contributed by atoms with Crippen LogP contribution < -0.4 is 5.32 Å². The molecule has 4 heteroatoms. The number of rotatable bonds is 6. The lowest BCUT2D eigenvalue weighted by Gasteiger charge is -2.05. The lowest BCUT2D eigenvalue weighted by molar-refractivity contribution is 0.149. The summed E-state index contributed by atoms with van der Waals surface area (Å²) in [7, 11) is 0. The number of nitrogens with one attached hydrogen (secondary N) is 1. The average Bonchev–Trinajstić information content (AvgIpc) is 2.20. The smallest absolute Gasteiger partial charge is 0.130 e. The van der Waals surface area contributed by atoms with Gasteiger partial charge in [0.05, 0.1) is 6.61 Å². The number of benzene rings is 1. The maximum atomic E-state index is 13.1. The molecule has 0 heterocycles. The van der Waals surface area contributed by atoms with Crippen molar-refractivity contribution in [3.8, 4) is 0 Å². The number of hydrogen-bond acceptors (Lipinski definition) is 2. The molecule has 0 unspecified atom stereocenters. The summed E-state index contributed by atoms with van der Waals surface area (Å²) in [5, 5.41) is 3.01. The van der Waals surface area contributed by atoms with Crippen LogP contribution in [-0.4, -0.2) is 19.8 Å². The molecule has 0 saturated heterocycles. The van der Waals surface area contributed by atoms with Crippen molar-refractivity contribution in [2.24, 2.45) is 0 Å². The molecule has 84 valence electrons. The van der Waals surface area contributed by atoms with Gasteiger partial charge < -0.3 is 10.1 Å². The topological polar surface area (TPSA) is 21.3 Å². The maximum absolute atomic E-state index is 13.1. The first-order valence-corrected chi connectivity index (χ1v) is 4.96. The van der Waals surface area contributed by atoms with Gasteiger partial charge in [0.25, 0.3) is 0 Å². The Balaban J connectivity index is 2.31. The molecule has 2 nitrogen and oxygen atoms in total. The van der Waals surface area contributed by atoms with Crippen molar-refractivity contribution in [3.05, 3.63) is 35.4 Å². The largest absolute Gasteiger partial charge is 0.380 e. The Morgan fingerprint density at radius 1 is 1.33 bits per heavy atom. The van der Waals surface area contributed by atoms with Crippen molar-refractivity contribution < 1.29 is 13.5 Å². The summed E-state index contributed by atoms with van der Waals surface area (Å²) in [6.07, 6.45) is 0. The Hall–Kier alpha value is -1.00. The Kier molecular flexibility index (Phi) is 5.21. The van der Waals surface area contributed by atoms with Crippen LogP contribution in [0, 0.1) is 11.6 Å². The average molecular weight is 215 g/mol. The van der Waals surface area contributed by atoms with Crippen molar-refractivity contribution in [1.82, 2.24) is 5.32 Å². The van der Waals surface area contributed by atoms with Gasteiger partial charge in [-0.15, -0.1) is 0 Å². The van der Waals surface area contributed by atoms with Crippen molar-refractivity contribution in [3.63, 3.8) is 0 Å². The molecule has 0 aliphatic heterocycles. The van der Waals surface area contributed by atoms with Gasteiger partial charge in [0.15, 0.2) is 0 Å². The minimum Gasteiger partial charge on any atom is -0.380 e. The van der Waals surface area contributed by atoms with Crippen LogP contribution in [0.1, 0.15) is 12.5 Å². The highest BCUT2D eigenvalue weighted by Gasteiger charge is 2.02. The number of ether oxygens (including phenoxy) is 1. The van der Waals surface area contributed by atoms with Crippen LogP contribution >= 0.6 is 0 Å². The second-order valence-electron chi connectivity index (χ2n) is 3.11. The Bertz CT molecular complexity index is 305. The summed E-state index contributed by atoms with van der Waals surface area (Å²) in [5.74, 6) is -1.07. The zero-order chi connectivity index (χ0) is 11.1. The molecule has 1 rings (SSSR count). The Labute approximate surface area is 88.3 Å². The van der Waals surface area contributed by atoms with E-state index in [1.54, 1.807) is 0 Å². The first kappa shape index (κ1) is 12.1. The van der Waals surface area contributed by atoms with Crippen LogP contribution in [0.15, 0.2) is 18.2 Å². The van der Waals surface area contributed by atoms with Gasteiger partial charge in [-0.2, -0.15) is 0 Å². The van der Waals surface area contributed by atoms with Crippen molar-refractivity contribution in [2.75, 3.05) is 19.8 Å². The summed E-state index contributed by atoms with van der Waals surface area (Å²) in [6.45, 7) is 4.23. The predicted molar refractivity (Wildman–Crippen MR) is 54.6 cm³/mol. The maximum Gasteiger partial charge on any atom is 0.130 e. The Morgan fingerprint density at radius 3 is 2.80 bits per heavy atom. The molecule has 0 aliphatic carbocycles. The minimum absolute atomic E-state index is 0.388. The highest BCUT2D eigenvalue weighted by Crippen LogP contribution is 2.08. The first-order valence-electron chi connectivity index (χ1n) is 4.96. The third-order valence-electron chi connectivity index (χ3n) is 1.96. The summed E-state index contributed by atoms with van der Waals surface area (Å²) in [4.78, 5) is 0. The third-order valence-corrected chi connectivity index (χ3v) is 1.96. The fourth-order valence-electron chi connectivity index (χ4n) is 1.18. The Morgan fingerprint density at radius 2 is 2.13 bits per heavy atom. The molecule has 0 fully saturated rings. The molecule has 0 saturated carbocycles. The molecule has 0 radical (unpaired) electrons. The monoisotopic (exact) mass is 215 g/mol. The van der Waals surface area contributed by atoms with E-state index in [4.69, 9.17) is 4.74 Å². The molecule has 1 N–H and O–H groups in total. The van der Waals surface area contributed by atoms with Crippen LogP contribution in [0.3, 0.4) is 0 Å². The third kappa shape index (κ3) is 4.36. The summed E-state index contributed by atoms with van der Waals surface area (Å²) in [5.41, 5.74) is 0.466. The lowest BCUT2D eigenvalue weighted by Crippen LogP contribution is -2.19. The second kappa shape index (κ2) is 6.48. The van der Waals surface area contributed by atoms with Crippen LogP contribution in [-0.2, 0) is 11.3 Å². The lowest BCUT2D eigenvalue weighted by atomic mass is 10.2. The minimum atomic E-state index is -0.550.